The van der Waals surface area contributed by atoms with Crippen molar-refractivity contribution in [2.75, 3.05) is 39.3 Å². The molecule has 1 aliphatic rings. The van der Waals surface area contributed by atoms with E-state index < -0.39 is 0 Å². The fourth-order valence-electron chi connectivity index (χ4n) is 1.65. The lowest BCUT2D eigenvalue weighted by molar-refractivity contribution is 0.136. The summed E-state index contributed by atoms with van der Waals surface area (Å²) in [7, 11) is 0. The number of rotatable bonds is 4. The summed E-state index contributed by atoms with van der Waals surface area (Å²) in [5, 5.41) is 16.9. The van der Waals surface area contributed by atoms with Crippen LogP contribution in [0.5, 0.6) is 0 Å². The summed E-state index contributed by atoms with van der Waals surface area (Å²) in [6.45, 7) is 5.92. The van der Waals surface area contributed by atoms with Gasteiger partial charge in [-0.15, -0.1) is 24.8 Å². The van der Waals surface area contributed by atoms with Crippen LogP contribution in [-0.2, 0) is 0 Å². The van der Waals surface area contributed by atoms with Crippen LogP contribution >= 0.6 is 24.8 Å². The van der Waals surface area contributed by atoms with Crippen LogP contribution in [0.3, 0.4) is 0 Å². The number of piperazine rings is 1. The minimum absolute atomic E-state index is 0. The van der Waals surface area contributed by atoms with Crippen LogP contribution in [0, 0.1) is 22.7 Å². The molecule has 6 heteroatoms. The van der Waals surface area contributed by atoms with Crippen LogP contribution < -0.4 is 0 Å². The molecule has 1 rings (SSSR count). The maximum Gasteiger partial charge on any atom is 0.0635 e. The third-order valence-electron chi connectivity index (χ3n) is 2.54. The Hall–Kier alpha value is -0.520. The highest BCUT2D eigenvalue weighted by Gasteiger charge is 2.15. The molecular formula is C10H18Cl2N4. The zero-order valence-corrected chi connectivity index (χ0v) is 10.9. The number of hydrogen-bond acceptors (Lipinski definition) is 4. The van der Waals surface area contributed by atoms with E-state index in [0.717, 1.165) is 39.3 Å². The van der Waals surface area contributed by atoms with Crippen LogP contribution in [0.15, 0.2) is 0 Å². The first-order chi connectivity index (χ1) is 6.86. The van der Waals surface area contributed by atoms with Crippen LogP contribution in [-0.4, -0.2) is 49.1 Å². The van der Waals surface area contributed by atoms with Gasteiger partial charge in [0.05, 0.1) is 12.1 Å². The average molecular weight is 265 g/mol. The number of halogens is 2. The predicted octanol–water partition coefficient (Wildman–Crippen LogP) is 1.27. The standard InChI is InChI=1S/C10H16N4.2ClH/c11-3-1-5-13-7-9-14(10-8-13)6-2-4-12;;/h1-2,5-10H2;2*1H. The largest absolute Gasteiger partial charge is 0.300 e. The second kappa shape index (κ2) is 11.0. The van der Waals surface area contributed by atoms with E-state index in [1.54, 1.807) is 0 Å². The molecule has 16 heavy (non-hydrogen) atoms. The lowest BCUT2D eigenvalue weighted by Crippen LogP contribution is -2.46. The van der Waals surface area contributed by atoms with Crippen LogP contribution in [0.1, 0.15) is 12.8 Å². The zero-order chi connectivity index (χ0) is 10.2. The van der Waals surface area contributed by atoms with Gasteiger partial charge in [-0.3, -0.25) is 9.80 Å². The lowest BCUT2D eigenvalue weighted by atomic mass is 10.3. The van der Waals surface area contributed by atoms with Gasteiger partial charge >= 0.3 is 0 Å². The van der Waals surface area contributed by atoms with Crippen molar-refractivity contribution in [3.05, 3.63) is 0 Å². The Morgan fingerprint density at radius 3 is 1.31 bits per heavy atom. The van der Waals surface area contributed by atoms with Crippen molar-refractivity contribution in [1.82, 2.24) is 9.80 Å². The molecule has 0 N–H and O–H groups in total. The van der Waals surface area contributed by atoms with E-state index >= 15 is 0 Å². The predicted molar refractivity (Wildman–Crippen MR) is 67.8 cm³/mol. The Labute approximate surface area is 110 Å². The van der Waals surface area contributed by atoms with Gasteiger partial charge in [0.25, 0.3) is 0 Å². The monoisotopic (exact) mass is 264 g/mol. The highest BCUT2D eigenvalue weighted by atomic mass is 35.5. The summed E-state index contributed by atoms with van der Waals surface area (Å²) in [4.78, 5) is 4.62. The van der Waals surface area contributed by atoms with Crippen molar-refractivity contribution in [3.8, 4) is 12.1 Å². The molecule has 0 bridgehead atoms. The summed E-state index contributed by atoms with van der Waals surface area (Å²) in [5.74, 6) is 0. The Morgan fingerprint density at radius 2 is 1.06 bits per heavy atom. The third-order valence-corrected chi connectivity index (χ3v) is 2.54. The maximum atomic E-state index is 8.44. The van der Waals surface area contributed by atoms with Crippen molar-refractivity contribution in [2.24, 2.45) is 0 Å². The van der Waals surface area contributed by atoms with Crippen molar-refractivity contribution >= 4 is 24.8 Å². The second-order valence-electron chi connectivity index (χ2n) is 3.50. The second-order valence-corrected chi connectivity index (χ2v) is 3.50. The molecule has 1 fully saturated rings. The smallest absolute Gasteiger partial charge is 0.0635 e. The van der Waals surface area contributed by atoms with E-state index in [4.69, 9.17) is 10.5 Å². The normalized spacial score (nSPS) is 16.4. The molecular weight excluding hydrogens is 247 g/mol. The van der Waals surface area contributed by atoms with Crippen molar-refractivity contribution in [2.45, 2.75) is 12.8 Å². The first kappa shape index (κ1) is 17.9. The summed E-state index contributed by atoms with van der Waals surface area (Å²) < 4.78 is 0. The molecule has 0 spiro atoms. The summed E-state index contributed by atoms with van der Waals surface area (Å²) in [6, 6.07) is 4.32. The van der Waals surface area contributed by atoms with Gasteiger partial charge in [-0.25, -0.2) is 0 Å². The number of hydrogen-bond donors (Lipinski definition) is 0. The summed E-state index contributed by atoms with van der Waals surface area (Å²) in [6.07, 6.45) is 1.25. The molecule has 0 atom stereocenters. The van der Waals surface area contributed by atoms with Gasteiger partial charge in [-0.2, -0.15) is 10.5 Å². The number of nitrogens with zero attached hydrogens (tertiary/aromatic N) is 4. The van der Waals surface area contributed by atoms with Gasteiger partial charge in [0.15, 0.2) is 0 Å². The van der Waals surface area contributed by atoms with Crippen LogP contribution in [0.2, 0.25) is 0 Å². The molecule has 4 nitrogen and oxygen atoms in total. The molecule has 0 saturated carbocycles. The van der Waals surface area contributed by atoms with Gasteiger partial charge in [0, 0.05) is 52.1 Å². The molecule has 1 aliphatic heterocycles. The Bertz CT molecular complexity index is 212. The Kier molecular flexibility index (Phi) is 12.3. The molecule has 0 aromatic carbocycles. The lowest BCUT2D eigenvalue weighted by Gasteiger charge is -2.33. The minimum Gasteiger partial charge on any atom is -0.300 e. The molecule has 0 amide bonds. The van der Waals surface area contributed by atoms with Crippen molar-refractivity contribution < 1.29 is 0 Å². The third kappa shape index (κ3) is 6.87. The van der Waals surface area contributed by atoms with Crippen molar-refractivity contribution in [3.63, 3.8) is 0 Å². The van der Waals surface area contributed by atoms with E-state index in [2.05, 4.69) is 21.9 Å². The van der Waals surface area contributed by atoms with E-state index in [9.17, 15) is 0 Å². The highest BCUT2D eigenvalue weighted by molar-refractivity contribution is 5.85. The van der Waals surface area contributed by atoms with Crippen molar-refractivity contribution in [1.29, 1.82) is 10.5 Å². The topological polar surface area (TPSA) is 54.1 Å². The Balaban J connectivity index is 0. The molecule has 0 radical (unpaired) electrons. The van der Waals surface area contributed by atoms with Crippen LogP contribution in [0.4, 0.5) is 0 Å². The summed E-state index contributed by atoms with van der Waals surface area (Å²) in [5.41, 5.74) is 0. The average Bonchev–Trinajstić information content (AvgIpc) is 2.25. The molecule has 1 saturated heterocycles. The molecule has 0 aromatic rings. The van der Waals surface area contributed by atoms with Gasteiger partial charge in [0.2, 0.25) is 0 Å². The first-order valence-corrected chi connectivity index (χ1v) is 5.05. The van der Waals surface area contributed by atoms with Gasteiger partial charge in [-0.05, 0) is 0 Å². The molecule has 0 aromatic heterocycles. The van der Waals surface area contributed by atoms with Gasteiger partial charge < -0.3 is 0 Å². The highest BCUT2D eigenvalue weighted by Crippen LogP contribution is 2.02. The molecule has 92 valence electrons. The van der Waals surface area contributed by atoms with E-state index in [0.29, 0.717) is 12.8 Å². The summed E-state index contributed by atoms with van der Waals surface area (Å²) >= 11 is 0. The molecule has 0 aliphatic carbocycles. The first-order valence-electron chi connectivity index (χ1n) is 5.05. The minimum atomic E-state index is 0. The SMILES string of the molecule is Cl.Cl.N#CCCN1CCN(CCC#N)CC1. The Morgan fingerprint density at radius 1 is 0.750 bits per heavy atom. The zero-order valence-electron chi connectivity index (χ0n) is 9.26. The maximum absolute atomic E-state index is 8.44. The van der Waals surface area contributed by atoms with E-state index in [-0.39, 0.29) is 24.8 Å². The van der Waals surface area contributed by atoms with Gasteiger partial charge in [-0.1, -0.05) is 0 Å². The fraction of sp³-hybridized carbons (Fsp3) is 0.800. The molecule has 0 unspecified atom stereocenters. The van der Waals surface area contributed by atoms with Gasteiger partial charge in [0.1, 0.15) is 0 Å². The molecule has 1 heterocycles. The van der Waals surface area contributed by atoms with E-state index in [1.165, 1.54) is 0 Å². The fourth-order valence-corrected chi connectivity index (χ4v) is 1.65. The quantitative estimate of drug-likeness (QED) is 0.768. The number of nitriles is 2. The van der Waals surface area contributed by atoms with Crippen LogP contribution in [0.25, 0.3) is 0 Å². The van der Waals surface area contributed by atoms with E-state index in [1.807, 2.05) is 0 Å².